The summed E-state index contributed by atoms with van der Waals surface area (Å²) < 4.78 is 44.8. The predicted octanol–water partition coefficient (Wildman–Crippen LogP) is 3.10. The molecule has 0 aliphatic carbocycles. The summed E-state index contributed by atoms with van der Waals surface area (Å²) in [7, 11) is 1.63. The first-order valence-electron chi connectivity index (χ1n) is 9.81. The summed E-state index contributed by atoms with van der Waals surface area (Å²) >= 11 is 0. The third-order valence-electron chi connectivity index (χ3n) is 4.78. The lowest BCUT2D eigenvalue weighted by Crippen LogP contribution is -2.49. The zero-order valence-electron chi connectivity index (χ0n) is 17.4. The van der Waals surface area contributed by atoms with Gasteiger partial charge in [-0.3, -0.25) is 14.8 Å². The van der Waals surface area contributed by atoms with Gasteiger partial charge in [-0.25, -0.2) is 0 Å². The van der Waals surface area contributed by atoms with Gasteiger partial charge in [-0.05, 0) is 29.8 Å². The molecule has 1 amide bonds. The molecule has 1 aromatic heterocycles. The van der Waals surface area contributed by atoms with Crippen LogP contribution >= 0.6 is 24.0 Å². The second-order valence-corrected chi connectivity index (χ2v) is 6.90. The van der Waals surface area contributed by atoms with Gasteiger partial charge in [-0.15, -0.1) is 24.0 Å². The highest BCUT2D eigenvalue weighted by molar-refractivity contribution is 14.0. The molecule has 0 radical (unpaired) electrons. The van der Waals surface area contributed by atoms with E-state index in [9.17, 15) is 18.0 Å². The number of nitrogens with one attached hydrogen (secondary N) is 2. The molecule has 1 aromatic carbocycles. The van der Waals surface area contributed by atoms with Crippen molar-refractivity contribution in [3.8, 4) is 0 Å². The van der Waals surface area contributed by atoms with Crippen LogP contribution in [0.25, 0.3) is 0 Å². The van der Waals surface area contributed by atoms with Gasteiger partial charge in [-0.2, -0.15) is 13.2 Å². The molecule has 2 heterocycles. The van der Waals surface area contributed by atoms with E-state index in [-0.39, 0.29) is 29.9 Å². The Hall–Kier alpha value is -2.41. The number of amides is 1. The third kappa shape index (κ3) is 7.05. The largest absolute Gasteiger partial charge is 0.416 e. The van der Waals surface area contributed by atoms with Crippen LogP contribution in [0, 0.1) is 0 Å². The fraction of sp³-hybridized carbons (Fsp3) is 0.381. The number of carbonyl (C=O) groups is 1. The molecule has 2 N–H and O–H groups in total. The lowest BCUT2D eigenvalue weighted by Gasteiger charge is -2.35. The van der Waals surface area contributed by atoms with Crippen molar-refractivity contribution in [1.29, 1.82) is 0 Å². The van der Waals surface area contributed by atoms with Crippen LogP contribution in [-0.4, -0.2) is 61.6 Å². The first kappa shape index (κ1) is 25.8. The van der Waals surface area contributed by atoms with Crippen LogP contribution in [0.2, 0.25) is 0 Å². The maximum absolute atomic E-state index is 13.0. The van der Waals surface area contributed by atoms with E-state index in [0.717, 1.165) is 12.1 Å². The second-order valence-electron chi connectivity index (χ2n) is 6.90. The maximum Gasteiger partial charge on any atom is 0.416 e. The van der Waals surface area contributed by atoms with Crippen LogP contribution in [0.3, 0.4) is 0 Å². The average molecular weight is 563 g/mol. The number of rotatable bonds is 5. The van der Waals surface area contributed by atoms with Gasteiger partial charge < -0.3 is 20.3 Å². The molecule has 2 aromatic rings. The average Bonchev–Trinajstić information content (AvgIpc) is 2.79. The second kappa shape index (κ2) is 12.0. The number of nitrogens with zero attached hydrogens (tertiary/aromatic N) is 3. The minimum absolute atomic E-state index is 0. The Morgan fingerprint density at radius 2 is 2.03 bits per heavy atom. The van der Waals surface area contributed by atoms with E-state index < -0.39 is 17.8 Å². The summed E-state index contributed by atoms with van der Waals surface area (Å²) in [6.45, 7) is 2.08. The summed E-state index contributed by atoms with van der Waals surface area (Å²) in [5.74, 6) is 0.372. The van der Waals surface area contributed by atoms with E-state index in [0.29, 0.717) is 49.9 Å². The van der Waals surface area contributed by atoms with Crippen LogP contribution in [-0.2, 0) is 10.9 Å². The molecule has 7 nitrogen and oxygen atoms in total. The normalized spacial score (nSPS) is 16.8. The van der Waals surface area contributed by atoms with Crippen molar-refractivity contribution in [2.75, 3.05) is 39.8 Å². The molecular formula is C21H25F3IN5O2. The van der Waals surface area contributed by atoms with Gasteiger partial charge in [0.05, 0.1) is 24.3 Å². The SMILES string of the molecule is CN=C(NCCNC(=O)c1cccnc1)N1CCOC(c2cccc(C(F)(F)F)c2)C1.I. The Balaban J connectivity index is 0.00000363. The molecule has 11 heteroatoms. The Morgan fingerprint density at radius 1 is 1.25 bits per heavy atom. The van der Waals surface area contributed by atoms with E-state index in [4.69, 9.17) is 4.74 Å². The van der Waals surface area contributed by atoms with Gasteiger partial charge >= 0.3 is 6.18 Å². The molecule has 1 aliphatic rings. The molecule has 1 aliphatic heterocycles. The molecule has 32 heavy (non-hydrogen) atoms. The van der Waals surface area contributed by atoms with Gasteiger partial charge in [-0.1, -0.05) is 12.1 Å². The van der Waals surface area contributed by atoms with Crippen molar-refractivity contribution in [2.45, 2.75) is 12.3 Å². The number of alkyl halides is 3. The monoisotopic (exact) mass is 563 g/mol. The van der Waals surface area contributed by atoms with Crippen molar-refractivity contribution in [3.63, 3.8) is 0 Å². The first-order valence-corrected chi connectivity index (χ1v) is 9.81. The molecule has 0 spiro atoms. The molecule has 1 saturated heterocycles. The third-order valence-corrected chi connectivity index (χ3v) is 4.78. The summed E-state index contributed by atoms with van der Waals surface area (Å²) in [5.41, 5.74) is 0.250. The zero-order chi connectivity index (χ0) is 22.3. The summed E-state index contributed by atoms with van der Waals surface area (Å²) in [6.07, 6.45) is -1.82. The summed E-state index contributed by atoms with van der Waals surface area (Å²) in [6, 6.07) is 8.55. The minimum Gasteiger partial charge on any atom is -0.370 e. The molecule has 0 bridgehead atoms. The smallest absolute Gasteiger partial charge is 0.370 e. The lowest BCUT2D eigenvalue weighted by molar-refractivity contribution is -0.137. The number of pyridine rings is 1. The molecule has 1 fully saturated rings. The van der Waals surface area contributed by atoms with Crippen molar-refractivity contribution < 1.29 is 22.7 Å². The summed E-state index contributed by atoms with van der Waals surface area (Å²) in [4.78, 5) is 22.1. The Morgan fingerprint density at radius 3 is 2.72 bits per heavy atom. The van der Waals surface area contributed by atoms with Gasteiger partial charge in [0.25, 0.3) is 5.91 Å². The number of halogens is 4. The number of benzene rings is 1. The Bertz CT molecular complexity index is 912. The highest BCUT2D eigenvalue weighted by Crippen LogP contribution is 2.32. The molecule has 174 valence electrons. The number of hydrogen-bond donors (Lipinski definition) is 2. The predicted molar refractivity (Wildman–Crippen MR) is 125 cm³/mol. The van der Waals surface area contributed by atoms with Crippen molar-refractivity contribution in [3.05, 3.63) is 65.5 Å². The fourth-order valence-electron chi connectivity index (χ4n) is 3.24. The standard InChI is InChI=1S/C21H24F3N5O2.HI/c1-25-20(28-9-8-27-19(30)16-5-3-7-26-13-16)29-10-11-31-18(14-29)15-4-2-6-17(12-15)21(22,23)24;/h2-7,12-13,18H,8-11,14H2,1H3,(H,25,28)(H,27,30);1H. The maximum atomic E-state index is 13.0. The highest BCUT2D eigenvalue weighted by atomic mass is 127. The number of ether oxygens (including phenoxy) is 1. The molecule has 1 unspecified atom stereocenters. The van der Waals surface area contributed by atoms with Gasteiger partial charge in [0.1, 0.15) is 6.10 Å². The molecule has 1 atom stereocenters. The summed E-state index contributed by atoms with van der Waals surface area (Å²) in [5, 5.41) is 5.95. The number of carbonyl (C=O) groups excluding carboxylic acids is 1. The minimum atomic E-state index is -4.40. The Labute approximate surface area is 201 Å². The van der Waals surface area contributed by atoms with Crippen molar-refractivity contribution >= 4 is 35.8 Å². The Kier molecular flexibility index (Phi) is 9.69. The lowest BCUT2D eigenvalue weighted by atomic mass is 10.0. The zero-order valence-corrected chi connectivity index (χ0v) is 19.8. The molecule has 0 saturated carbocycles. The van der Waals surface area contributed by atoms with Crippen molar-refractivity contribution in [1.82, 2.24) is 20.5 Å². The number of aromatic nitrogens is 1. The van der Waals surface area contributed by atoms with Crippen LogP contribution in [0.5, 0.6) is 0 Å². The molecule has 3 rings (SSSR count). The topological polar surface area (TPSA) is 78.8 Å². The van der Waals surface area contributed by atoms with Gasteiger partial charge in [0, 0.05) is 39.1 Å². The van der Waals surface area contributed by atoms with Gasteiger partial charge in [0.15, 0.2) is 5.96 Å². The fourth-order valence-corrected chi connectivity index (χ4v) is 3.24. The number of hydrogen-bond acceptors (Lipinski definition) is 4. The van der Waals surface area contributed by atoms with E-state index in [2.05, 4.69) is 20.6 Å². The molecular weight excluding hydrogens is 538 g/mol. The van der Waals surface area contributed by atoms with Crippen LogP contribution in [0.15, 0.2) is 53.8 Å². The quantitative estimate of drug-likeness (QED) is 0.253. The van der Waals surface area contributed by atoms with Gasteiger partial charge in [0.2, 0.25) is 0 Å². The van der Waals surface area contributed by atoms with E-state index in [1.807, 2.05) is 4.90 Å². The van der Waals surface area contributed by atoms with E-state index >= 15 is 0 Å². The number of aliphatic imine (C=N–C) groups is 1. The highest BCUT2D eigenvalue weighted by Gasteiger charge is 2.32. The van der Waals surface area contributed by atoms with Crippen LogP contribution in [0.1, 0.15) is 27.6 Å². The van der Waals surface area contributed by atoms with E-state index in [1.54, 1.807) is 31.4 Å². The van der Waals surface area contributed by atoms with Crippen molar-refractivity contribution in [2.24, 2.45) is 4.99 Å². The first-order chi connectivity index (χ1) is 14.9. The number of guanidine groups is 1. The number of morpholine rings is 1. The van der Waals surface area contributed by atoms with Crippen LogP contribution < -0.4 is 10.6 Å². The van der Waals surface area contributed by atoms with E-state index in [1.165, 1.54) is 12.3 Å². The van der Waals surface area contributed by atoms with Crippen LogP contribution in [0.4, 0.5) is 13.2 Å².